The summed E-state index contributed by atoms with van der Waals surface area (Å²) in [6.07, 6.45) is 8.73. The van der Waals surface area contributed by atoms with Crippen molar-refractivity contribution in [1.29, 1.82) is 10.5 Å². The molecule has 0 radical (unpaired) electrons. The second kappa shape index (κ2) is 15.6. The summed E-state index contributed by atoms with van der Waals surface area (Å²) in [6, 6.07) is 4.44. The monoisotopic (exact) mass is 344 g/mol. The summed E-state index contributed by atoms with van der Waals surface area (Å²) < 4.78 is 0. The molecule has 0 fully saturated rings. The van der Waals surface area contributed by atoms with Gasteiger partial charge in [-0.1, -0.05) is 33.4 Å². The van der Waals surface area contributed by atoms with E-state index in [1.807, 2.05) is 0 Å². The largest absolute Gasteiger partial charge is 0.374 e. The van der Waals surface area contributed by atoms with Crippen LogP contribution in [0.3, 0.4) is 0 Å². The van der Waals surface area contributed by atoms with Crippen LogP contribution in [0.1, 0.15) is 71.6 Å². The molecule has 0 aromatic rings. The molecule has 0 aliphatic carbocycles. The highest BCUT2D eigenvalue weighted by molar-refractivity contribution is 4.96. The number of nitriles is 2. The van der Waals surface area contributed by atoms with Gasteiger partial charge in [0.2, 0.25) is 0 Å². The number of allylic oxidation sites excluding steroid dienone is 2. The lowest BCUT2D eigenvalue weighted by Crippen LogP contribution is -2.24. The SMILES string of the molecule is C=C(CCCCCC(=C)N(CCC)CCC#N)N(CCC)CCC#N. The molecular weight excluding hydrogens is 308 g/mol. The Balaban J connectivity index is 4.05. The summed E-state index contributed by atoms with van der Waals surface area (Å²) in [4.78, 5) is 4.51. The molecule has 0 amide bonds. The topological polar surface area (TPSA) is 54.1 Å². The summed E-state index contributed by atoms with van der Waals surface area (Å²) >= 11 is 0. The molecule has 0 aliphatic heterocycles. The summed E-state index contributed by atoms with van der Waals surface area (Å²) in [7, 11) is 0. The van der Waals surface area contributed by atoms with Gasteiger partial charge in [-0.05, 0) is 38.5 Å². The maximum atomic E-state index is 8.76. The van der Waals surface area contributed by atoms with E-state index in [2.05, 4.69) is 48.9 Å². The van der Waals surface area contributed by atoms with Crippen molar-refractivity contribution in [1.82, 2.24) is 9.80 Å². The number of rotatable bonds is 16. The van der Waals surface area contributed by atoms with E-state index in [0.717, 1.165) is 82.5 Å². The van der Waals surface area contributed by atoms with Gasteiger partial charge < -0.3 is 9.80 Å². The first kappa shape index (κ1) is 23.1. The molecule has 140 valence electrons. The number of nitrogens with zero attached hydrogens (tertiary/aromatic N) is 4. The molecule has 0 atom stereocenters. The molecular formula is C21H36N4. The van der Waals surface area contributed by atoms with E-state index >= 15 is 0 Å². The van der Waals surface area contributed by atoms with Gasteiger partial charge in [0.25, 0.3) is 0 Å². The lowest BCUT2D eigenvalue weighted by atomic mass is 10.1. The quantitative estimate of drug-likeness (QED) is 0.360. The van der Waals surface area contributed by atoms with Crippen molar-refractivity contribution in [3.05, 3.63) is 24.6 Å². The van der Waals surface area contributed by atoms with Gasteiger partial charge >= 0.3 is 0 Å². The van der Waals surface area contributed by atoms with Crippen molar-refractivity contribution in [3.8, 4) is 12.1 Å². The molecule has 0 unspecified atom stereocenters. The summed E-state index contributed by atoms with van der Waals surface area (Å²) in [6.45, 7) is 16.3. The molecule has 0 bridgehead atoms. The van der Waals surface area contributed by atoms with E-state index in [1.54, 1.807) is 0 Å². The minimum atomic E-state index is 0.564. The van der Waals surface area contributed by atoms with E-state index in [9.17, 15) is 0 Å². The molecule has 0 rings (SSSR count). The summed E-state index contributed by atoms with van der Waals surface area (Å²) in [5.74, 6) is 0. The fraction of sp³-hybridized carbons (Fsp3) is 0.714. The molecule has 0 saturated carbocycles. The van der Waals surface area contributed by atoms with Crippen LogP contribution < -0.4 is 0 Å². The molecule has 25 heavy (non-hydrogen) atoms. The molecule has 0 N–H and O–H groups in total. The van der Waals surface area contributed by atoms with E-state index in [-0.39, 0.29) is 0 Å². The van der Waals surface area contributed by atoms with Gasteiger partial charge in [-0.15, -0.1) is 0 Å². The first-order chi connectivity index (χ1) is 12.1. The third-order valence-corrected chi connectivity index (χ3v) is 4.30. The van der Waals surface area contributed by atoms with Crippen LogP contribution in [0.15, 0.2) is 24.6 Å². The molecule has 0 spiro atoms. The highest BCUT2D eigenvalue weighted by atomic mass is 15.1. The van der Waals surface area contributed by atoms with Gasteiger partial charge in [0.05, 0.1) is 25.0 Å². The van der Waals surface area contributed by atoms with Gasteiger partial charge in [0.1, 0.15) is 0 Å². The average Bonchev–Trinajstić information content (AvgIpc) is 2.61. The zero-order valence-corrected chi connectivity index (χ0v) is 16.4. The lowest BCUT2D eigenvalue weighted by Gasteiger charge is -2.26. The lowest BCUT2D eigenvalue weighted by molar-refractivity contribution is 0.331. The highest BCUT2D eigenvalue weighted by Gasteiger charge is 2.08. The summed E-state index contributed by atoms with van der Waals surface area (Å²) in [5.41, 5.74) is 2.33. The Bertz CT molecular complexity index is 413. The molecule has 4 nitrogen and oxygen atoms in total. The van der Waals surface area contributed by atoms with Crippen LogP contribution in [-0.4, -0.2) is 36.0 Å². The van der Waals surface area contributed by atoms with Gasteiger partial charge in [0, 0.05) is 37.6 Å². The van der Waals surface area contributed by atoms with Gasteiger partial charge in [-0.3, -0.25) is 0 Å². The van der Waals surface area contributed by atoms with Crippen molar-refractivity contribution in [3.63, 3.8) is 0 Å². The number of hydrogen-bond acceptors (Lipinski definition) is 4. The normalized spacial score (nSPS) is 9.92. The smallest absolute Gasteiger partial charge is 0.0640 e. The van der Waals surface area contributed by atoms with Crippen molar-refractivity contribution in [2.45, 2.75) is 71.6 Å². The van der Waals surface area contributed by atoms with Gasteiger partial charge in [0.15, 0.2) is 0 Å². The molecule has 0 aromatic carbocycles. The zero-order chi connectivity index (χ0) is 18.9. The Kier molecular flexibility index (Phi) is 14.4. The predicted octanol–water partition coefficient (Wildman–Crippen LogP) is 5.22. The van der Waals surface area contributed by atoms with Gasteiger partial charge in [-0.2, -0.15) is 10.5 Å². The molecule has 0 heterocycles. The molecule has 0 aliphatic rings. The van der Waals surface area contributed by atoms with E-state index in [0.29, 0.717) is 12.8 Å². The highest BCUT2D eigenvalue weighted by Crippen LogP contribution is 2.17. The van der Waals surface area contributed by atoms with Crippen LogP contribution in [-0.2, 0) is 0 Å². The van der Waals surface area contributed by atoms with Crippen LogP contribution in [0.2, 0.25) is 0 Å². The van der Waals surface area contributed by atoms with E-state index in [1.165, 1.54) is 0 Å². The molecule has 0 aromatic heterocycles. The molecule has 0 saturated heterocycles. The maximum absolute atomic E-state index is 8.76. The van der Waals surface area contributed by atoms with Gasteiger partial charge in [-0.25, -0.2) is 0 Å². The van der Waals surface area contributed by atoms with Crippen LogP contribution in [0, 0.1) is 22.7 Å². The zero-order valence-electron chi connectivity index (χ0n) is 16.4. The predicted molar refractivity (Wildman–Crippen MR) is 106 cm³/mol. The second-order valence-corrected chi connectivity index (χ2v) is 6.48. The third kappa shape index (κ3) is 11.3. The van der Waals surface area contributed by atoms with Crippen molar-refractivity contribution in [2.24, 2.45) is 0 Å². The minimum Gasteiger partial charge on any atom is -0.374 e. The van der Waals surface area contributed by atoms with Crippen LogP contribution in [0.5, 0.6) is 0 Å². The average molecular weight is 345 g/mol. The van der Waals surface area contributed by atoms with E-state index < -0.39 is 0 Å². The fourth-order valence-corrected chi connectivity index (χ4v) is 2.92. The Morgan fingerprint density at radius 2 is 1.12 bits per heavy atom. The number of unbranched alkanes of at least 4 members (excludes halogenated alkanes) is 2. The Morgan fingerprint density at radius 3 is 1.44 bits per heavy atom. The van der Waals surface area contributed by atoms with Crippen molar-refractivity contribution < 1.29 is 0 Å². The first-order valence-electron chi connectivity index (χ1n) is 9.69. The van der Waals surface area contributed by atoms with Crippen molar-refractivity contribution in [2.75, 3.05) is 26.2 Å². The Labute approximate surface area is 155 Å². The minimum absolute atomic E-state index is 0.564. The number of hydrogen-bond donors (Lipinski definition) is 0. The maximum Gasteiger partial charge on any atom is 0.0640 e. The van der Waals surface area contributed by atoms with E-state index in [4.69, 9.17) is 10.5 Å². The fourth-order valence-electron chi connectivity index (χ4n) is 2.92. The van der Waals surface area contributed by atoms with Crippen LogP contribution in [0.4, 0.5) is 0 Å². The standard InChI is InChI=1S/C21H36N4/c1-5-16-24(18-10-14-22)20(3)12-8-7-9-13-21(4)25(17-6-2)19-11-15-23/h3-13,16-19H2,1-2H3. The third-order valence-electron chi connectivity index (χ3n) is 4.30. The summed E-state index contributed by atoms with van der Waals surface area (Å²) in [5, 5.41) is 17.5. The second-order valence-electron chi connectivity index (χ2n) is 6.48. The Morgan fingerprint density at radius 1 is 0.720 bits per heavy atom. The van der Waals surface area contributed by atoms with Crippen LogP contribution >= 0.6 is 0 Å². The molecule has 4 heteroatoms. The first-order valence-corrected chi connectivity index (χ1v) is 9.69. The van der Waals surface area contributed by atoms with Crippen LogP contribution in [0.25, 0.3) is 0 Å². The van der Waals surface area contributed by atoms with Crippen molar-refractivity contribution >= 4 is 0 Å². The Hall–Kier alpha value is -1.94.